The molecule has 1 aliphatic heterocycles. The van der Waals surface area contributed by atoms with E-state index in [-0.39, 0.29) is 18.4 Å². The Labute approximate surface area is 113 Å². The number of carbonyl (C=O) groups is 2. The molecular formula is C15H18N2O2. The SMILES string of the molecule is C=CCN1C(=O)CCC(CC)(c2ccncc2)C1=O. The van der Waals surface area contributed by atoms with E-state index in [1.807, 2.05) is 19.1 Å². The van der Waals surface area contributed by atoms with Crippen LogP contribution in [-0.4, -0.2) is 28.2 Å². The van der Waals surface area contributed by atoms with Gasteiger partial charge >= 0.3 is 0 Å². The molecule has 0 aromatic carbocycles. The Hall–Kier alpha value is -1.97. The van der Waals surface area contributed by atoms with Crippen LogP contribution in [0.2, 0.25) is 0 Å². The van der Waals surface area contributed by atoms with Crippen molar-refractivity contribution in [2.75, 3.05) is 6.54 Å². The number of aromatic nitrogens is 1. The predicted molar refractivity (Wildman–Crippen MR) is 72.4 cm³/mol. The van der Waals surface area contributed by atoms with E-state index in [2.05, 4.69) is 11.6 Å². The molecule has 0 radical (unpaired) electrons. The van der Waals surface area contributed by atoms with Gasteiger partial charge in [0.1, 0.15) is 0 Å². The summed E-state index contributed by atoms with van der Waals surface area (Å²) in [6.07, 6.45) is 6.61. The molecule has 2 heterocycles. The normalized spacial score (nSPS) is 23.5. The van der Waals surface area contributed by atoms with Crippen molar-refractivity contribution in [3.05, 3.63) is 42.7 Å². The number of imide groups is 1. The number of hydrogen-bond acceptors (Lipinski definition) is 3. The molecule has 0 spiro atoms. The van der Waals surface area contributed by atoms with Crippen LogP contribution in [0.15, 0.2) is 37.2 Å². The number of likely N-dealkylation sites (tertiary alicyclic amines) is 1. The summed E-state index contributed by atoms with van der Waals surface area (Å²) in [7, 11) is 0. The van der Waals surface area contributed by atoms with Gasteiger partial charge in [0.2, 0.25) is 11.8 Å². The van der Waals surface area contributed by atoms with E-state index in [1.54, 1.807) is 18.5 Å². The van der Waals surface area contributed by atoms with Crippen LogP contribution in [0.4, 0.5) is 0 Å². The number of nitrogens with zero attached hydrogens (tertiary/aromatic N) is 2. The molecule has 100 valence electrons. The van der Waals surface area contributed by atoms with Crippen molar-refractivity contribution in [1.29, 1.82) is 0 Å². The van der Waals surface area contributed by atoms with E-state index < -0.39 is 5.41 Å². The molecule has 0 aliphatic carbocycles. The Morgan fingerprint density at radius 3 is 2.68 bits per heavy atom. The number of carbonyl (C=O) groups excluding carboxylic acids is 2. The molecule has 4 nitrogen and oxygen atoms in total. The van der Waals surface area contributed by atoms with E-state index in [0.29, 0.717) is 19.3 Å². The zero-order valence-corrected chi connectivity index (χ0v) is 11.1. The van der Waals surface area contributed by atoms with Gasteiger partial charge in [0.15, 0.2) is 0 Å². The lowest BCUT2D eigenvalue weighted by molar-refractivity contribution is -0.152. The van der Waals surface area contributed by atoms with Gasteiger partial charge in [-0.2, -0.15) is 0 Å². The topological polar surface area (TPSA) is 50.3 Å². The summed E-state index contributed by atoms with van der Waals surface area (Å²) in [5.41, 5.74) is 0.344. The summed E-state index contributed by atoms with van der Waals surface area (Å²) < 4.78 is 0. The number of rotatable bonds is 4. The zero-order valence-electron chi connectivity index (χ0n) is 11.1. The van der Waals surface area contributed by atoms with Crippen LogP contribution in [0.3, 0.4) is 0 Å². The van der Waals surface area contributed by atoms with Crippen LogP contribution in [0.5, 0.6) is 0 Å². The van der Waals surface area contributed by atoms with E-state index in [0.717, 1.165) is 5.56 Å². The Morgan fingerprint density at radius 1 is 1.42 bits per heavy atom. The van der Waals surface area contributed by atoms with Crippen molar-refractivity contribution in [3.63, 3.8) is 0 Å². The summed E-state index contributed by atoms with van der Waals surface area (Å²) >= 11 is 0. The highest BCUT2D eigenvalue weighted by Crippen LogP contribution is 2.38. The van der Waals surface area contributed by atoms with Crippen molar-refractivity contribution in [1.82, 2.24) is 9.88 Å². The Kier molecular flexibility index (Phi) is 3.79. The number of amides is 2. The molecule has 2 amide bonds. The average Bonchev–Trinajstić information content (AvgIpc) is 2.45. The minimum absolute atomic E-state index is 0.108. The molecular weight excluding hydrogens is 240 g/mol. The van der Waals surface area contributed by atoms with Crippen LogP contribution >= 0.6 is 0 Å². The van der Waals surface area contributed by atoms with Crippen molar-refractivity contribution >= 4 is 11.8 Å². The molecule has 1 aliphatic rings. The minimum atomic E-state index is -0.597. The minimum Gasteiger partial charge on any atom is -0.278 e. The maximum Gasteiger partial charge on any atom is 0.240 e. The van der Waals surface area contributed by atoms with Gasteiger partial charge in [-0.15, -0.1) is 6.58 Å². The molecule has 2 rings (SSSR count). The second-order valence-electron chi connectivity index (χ2n) is 4.77. The maximum atomic E-state index is 12.7. The van der Waals surface area contributed by atoms with Gasteiger partial charge in [0.25, 0.3) is 0 Å². The standard InChI is InChI=1S/C15H18N2O2/c1-3-11-17-13(18)5-8-15(4-2,14(17)19)12-6-9-16-10-7-12/h3,6-7,9-10H,1,4-5,8,11H2,2H3. The van der Waals surface area contributed by atoms with Gasteiger partial charge in [-0.1, -0.05) is 13.0 Å². The Morgan fingerprint density at radius 2 is 2.11 bits per heavy atom. The molecule has 1 fully saturated rings. The van der Waals surface area contributed by atoms with Crippen LogP contribution in [0.25, 0.3) is 0 Å². The lowest BCUT2D eigenvalue weighted by Crippen LogP contribution is -2.53. The van der Waals surface area contributed by atoms with E-state index in [9.17, 15) is 9.59 Å². The molecule has 1 unspecified atom stereocenters. The lowest BCUT2D eigenvalue weighted by Gasteiger charge is -2.40. The third-order valence-corrected chi connectivity index (χ3v) is 3.87. The highest BCUT2D eigenvalue weighted by atomic mass is 16.2. The van der Waals surface area contributed by atoms with Crippen LogP contribution in [-0.2, 0) is 15.0 Å². The third-order valence-electron chi connectivity index (χ3n) is 3.87. The molecule has 1 aromatic heterocycles. The van der Waals surface area contributed by atoms with E-state index >= 15 is 0 Å². The van der Waals surface area contributed by atoms with Crippen molar-refractivity contribution in [2.45, 2.75) is 31.6 Å². The van der Waals surface area contributed by atoms with Crippen molar-refractivity contribution in [3.8, 4) is 0 Å². The first-order chi connectivity index (χ1) is 9.15. The fourth-order valence-corrected chi connectivity index (χ4v) is 2.72. The quantitative estimate of drug-likeness (QED) is 0.613. The molecule has 0 N–H and O–H groups in total. The zero-order chi connectivity index (χ0) is 13.9. The molecule has 19 heavy (non-hydrogen) atoms. The third kappa shape index (κ3) is 2.18. The first kappa shape index (κ1) is 13.5. The summed E-state index contributed by atoms with van der Waals surface area (Å²) in [6.45, 7) is 5.88. The summed E-state index contributed by atoms with van der Waals surface area (Å²) in [5, 5.41) is 0. The second-order valence-corrected chi connectivity index (χ2v) is 4.77. The smallest absolute Gasteiger partial charge is 0.240 e. The van der Waals surface area contributed by atoms with Crippen LogP contribution < -0.4 is 0 Å². The fourth-order valence-electron chi connectivity index (χ4n) is 2.72. The lowest BCUT2D eigenvalue weighted by atomic mass is 9.71. The van der Waals surface area contributed by atoms with Gasteiger partial charge in [0.05, 0.1) is 5.41 Å². The van der Waals surface area contributed by atoms with Gasteiger partial charge in [-0.3, -0.25) is 19.5 Å². The van der Waals surface area contributed by atoms with Crippen LogP contribution in [0, 0.1) is 0 Å². The maximum absolute atomic E-state index is 12.7. The largest absolute Gasteiger partial charge is 0.278 e. The van der Waals surface area contributed by atoms with Gasteiger partial charge in [-0.25, -0.2) is 0 Å². The molecule has 1 saturated heterocycles. The predicted octanol–water partition coefficient (Wildman–Crippen LogP) is 2.06. The first-order valence-electron chi connectivity index (χ1n) is 6.52. The van der Waals surface area contributed by atoms with Crippen molar-refractivity contribution in [2.24, 2.45) is 0 Å². The highest BCUT2D eigenvalue weighted by molar-refractivity contribution is 6.03. The van der Waals surface area contributed by atoms with Gasteiger partial charge in [-0.05, 0) is 30.5 Å². The van der Waals surface area contributed by atoms with Gasteiger partial charge in [0, 0.05) is 25.4 Å². The monoisotopic (exact) mass is 258 g/mol. The Bertz CT molecular complexity index is 498. The fraction of sp³-hybridized carbons (Fsp3) is 0.400. The van der Waals surface area contributed by atoms with Crippen LogP contribution in [0.1, 0.15) is 31.7 Å². The number of pyridine rings is 1. The van der Waals surface area contributed by atoms with E-state index in [1.165, 1.54) is 4.90 Å². The molecule has 0 bridgehead atoms. The Balaban J connectivity index is 2.43. The van der Waals surface area contributed by atoms with Crippen molar-refractivity contribution < 1.29 is 9.59 Å². The second kappa shape index (κ2) is 5.34. The average molecular weight is 258 g/mol. The number of piperidine rings is 1. The van der Waals surface area contributed by atoms with Gasteiger partial charge < -0.3 is 0 Å². The summed E-state index contributed by atoms with van der Waals surface area (Å²) in [4.78, 5) is 29.9. The molecule has 0 saturated carbocycles. The molecule has 4 heteroatoms. The molecule has 1 atom stereocenters. The van der Waals surface area contributed by atoms with E-state index in [4.69, 9.17) is 0 Å². The molecule has 1 aromatic rings. The highest BCUT2D eigenvalue weighted by Gasteiger charge is 2.46. The summed E-state index contributed by atoms with van der Waals surface area (Å²) in [5.74, 6) is -0.222. The summed E-state index contributed by atoms with van der Waals surface area (Å²) in [6, 6.07) is 3.73. The number of hydrogen-bond donors (Lipinski definition) is 0. The first-order valence-corrected chi connectivity index (χ1v) is 6.52.